The standard InChI is InChI=1S/C32H48N2O10/c1-11-22(44-32(37)21-16-24(38-5)28(41-8)25(17-21)39-6)19-34(4)15-14-33(3)13-12-20(2)27-23(31(35)36)18-26(40-7)29(42-9)30(27)43-10/h16-18,20,22H,11-15,19H2,1-10H3,(H,35,36)/t20-,22+/m0/s1. The van der Waals surface area contributed by atoms with Gasteiger partial charge >= 0.3 is 11.9 Å². The molecule has 2 atom stereocenters. The Kier molecular flexibility index (Phi) is 14.4. The molecule has 2 aromatic rings. The fourth-order valence-electron chi connectivity index (χ4n) is 4.96. The molecule has 0 saturated carbocycles. The van der Waals surface area contributed by atoms with Crippen molar-refractivity contribution in [2.24, 2.45) is 0 Å². The first-order chi connectivity index (χ1) is 21.0. The van der Waals surface area contributed by atoms with E-state index in [0.29, 0.717) is 65.0 Å². The molecule has 44 heavy (non-hydrogen) atoms. The molecule has 0 spiro atoms. The van der Waals surface area contributed by atoms with Gasteiger partial charge in [0.2, 0.25) is 11.5 Å². The maximum Gasteiger partial charge on any atom is 0.338 e. The molecule has 0 aliphatic rings. The Hall–Kier alpha value is -3.90. The first kappa shape index (κ1) is 36.3. The van der Waals surface area contributed by atoms with Crippen LogP contribution in [-0.2, 0) is 4.74 Å². The molecule has 0 aliphatic heterocycles. The number of benzene rings is 2. The van der Waals surface area contributed by atoms with Crippen LogP contribution in [0.1, 0.15) is 58.9 Å². The highest BCUT2D eigenvalue weighted by atomic mass is 16.6. The average Bonchev–Trinajstić information content (AvgIpc) is 3.03. The van der Waals surface area contributed by atoms with Gasteiger partial charge in [-0.2, -0.15) is 0 Å². The maximum absolute atomic E-state index is 13.0. The second kappa shape index (κ2) is 17.4. The van der Waals surface area contributed by atoms with Crippen molar-refractivity contribution in [2.45, 2.75) is 38.7 Å². The Morgan fingerprint density at radius 1 is 0.750 bits per heavy atom. The van der Waals surface area contributed by atoms with Crippen LogP contribution in [0.25, 0.3) is 0 Å². The van der Waals surface area contributed by atoms with Crippen molar-refractivity contribution in [1.82, 2.24) is 9.80 Å². The molecule has 1 N–H and O–H groups in total. The Morgan fingerprint density at radius 3 is 1.75 bits per heavy atom. The number of aromatic carboxylic acids is 1. The molecule has 0 saturated heterocycles. The van der Waals surface area contributed by atoms with E-state index in [1.807, 2.05) is 27.9 Å². The van der Waals surface area contributed by atoms with Gasteiger partial charge < -0.3 is 48.1 Å². The summed E-state index contributed by atoms with van der Waals surface area (Å²) in [5, 5.41) is 9.91. The molecule has 246 valence electrons. The summed E-state index contributed by atoms with van der Waals surface area (Å²) in [7, 11) is 12.9. The molecule has 0 bridgehead atoms. The number of likely N-dealkylation sites (N-methyl/N-ethyl adjacent to an activating group) is 2. The van der Waals surface area contributed by atoms with E-state index in [1.54, 1.807) is 12.1 Å². The number of hydrogen-bond donors (Lipinski definition) is 1. The van der Waals surface area contributed by atoms with E-state index >= 15 is 0 Å². The zero-order chi connectivity index (χ0) is 33.0. The Bertz CT molecular complexity index is 1230. The van der Waals surface area contributed by atoms with E-state index in [1.165, 1.54) is 48.7 Å². The third-order valence-corrected chi connectivity index (χ3v) is 7.54. The highest BCUT2D eigenvalue weighted by Crippen LogP contribution is 2.45. The van der Waals surface area contributed by atoms with Gasteiger partial charge in [0.05, 0.1) is 53.8 Å². The van der Waals surface area contributed by atoms with Gasteiger partial charge in [-0.25, -0.2) is 9.59 Å². The highest BCUT2D eigenvalue weighted by Gasteiger charge is 2.27. The predicted molar refractivity (Wildman–Crippen MR) is 167 cm³/mol. The molecule has 2 aromatic carbocycles. The van der Waals surface area contributed by atoms with Gasteiger partial charge in [0.25, 0.3) is 0 Å². The zero-order valence-electron chi connectivity index (χ0n) is 27.6. The zero-order valence-corrected chi connectivity index (χ0v) is 27.6. The van der Waals surface area contributed by atoms with Gasteiger partial charge in [0, 0.05) is 25.2 Å². The van der Waals surface area contributed by atoms with Crippen molar-refractivity contribution in [3.63, 3.8) is 0 Å². The summed E-state index contributed by atoms with van der Waals surface area (Å²) < 4.78 is 38.3. The normalized spacial score (nSPS) is 12.5. The SMILES string of the molecule is CC[C@H](CN(C)CCN(C)CC[C@H](C)c1c(C(=O)O)cc(OC)c(OC)c1OC)OC(=O)c1cc(OC)c(OC)c(OC)c1. The van der Waals surface area contributed by atoms with Crippen LogP contribution in [0.5, 0.6) is 34.5 Å². The van der Waals surface area contributed by atoms with Crippen LogP contribution in [-0.4, -0.2) is 116 Å². The summed E-state index contributed by atoms with van der Waals surface area (Å²) in [5.41, 5.74) is 1.01. The average molecular weight is 621 g/mol. The van der Waals surface area contributed by atoms with Crippen LogP contribution >= 0.6 is 0 Å². The number of hydrogen-bond acceptors (Lipinski definition) is 11. The quantitative estimate of drug-likeness (QED) is 0.223. The predicted octanol–water partition coefficient (Wildman–Crippen LogP) is 4.43. The first-order valence-corrected chi connectivity index (χ1v) is 14.4. The molecule has 0 aliphatic carbocycles. The van der Waals surface area contributed by atoms with Crippen LogP contribution < -0.4 is 28.4 Å². The second-order valence-electron chi connectivity index (χ2n) is 10.5. The van der Waals surface area contributed by atoms with Gasteiger partial charge in [0.1, 0.15) is 6.10 Å². The molecule has 0 radical (unpaired) electrons. The van der Waals surface area contributed by atoms with E-state index in [9.17, 15) is 14.7 Å². The van der Waals surface area contributed by atoms with Gasteiger partial charge in [-0.15, -0.1) is 0 Å². The summed E-state index contributed by atoms with van der Waals surface area (Å²) in [6.07, 6.45) is 1.02. The van der Waals surface area contributed by atoms with Gasteiger partial charge in [-0.1, -0.05) is 13.8 Å². The number of methoxy groups -OCH3 is 6. The Balaban J connectivity index is 1.99. The number of rotatable bonds is 19. The number of carbonyl (C=O) groups excluding carboxylic acids is 1. The maximum atomic E-state index is 13.0. The molecule has 2 rings (SSSR count). The van der Waals surface area contributed by atoms with Gasteiger partial charge in [-0.3, -0.25) is 0 Å². The lowest BCUT2D eigenvalue weighted by molar-refractivity contribution is 0.0209. The molecule has 12 nitrogen and oxygen atoms in total. The fraction of sp³-hybridized carbons (Fsp3) is 0.562. The number of carboxylic acids is 1. The lowest BCUT2D eigenvalue weighted by Crippen LogP contribution is -2.37. The Morgan fingerprint density at radius 2 is 1.27 bits per heavy atom. The molecule has 0 heterocycles. The molecular weight excluding hydrogens is 572 g/mol. The molecule has 0 aromatic heterocycles. The van der Waals surface area contributed by atoms with Crippen molar-refractivity contribution in [2.75, 3.05) is 82.9 Å². The number of esters is 1. The van der Waals surface area contributed by atoms with Crippen molar-refractivity contribution in [3.05, 3.63) is 34.9 Å². The third kappa shape index (κ3) is 9.06. The number of carbonyl (C=O) groups is 2. The van der Waals surface area contributed by atoms with Gasteiger partial charge in [0.15, 0.2) is 23.0 Å². The largest absolute Gasteiger partial charge is 0.493 e. The monoisotopic (exact) mass is 620 g/mol. The smallest absolute Gasteiger partial charge is 0.338 e. The second-order valence-corrected chi connectivity index (χ2v) is 10.5. The minimum absolute atomic E-state index is 0.126. The fourth-order valence-corrected chi connectivity index (χ4v) is 4.96. The van der Waals surface area contributed by atoms with E-state index in [0.717, 1.165) is 19.6 Å². The molecule has 0 amide bonds. The Labute approximate surface area is 260 Å². The van der Waals surface area contributed by atoms with Crippen molar-refractivity contribution >= 4 is 11.9 Å². The molecular formula is C32H48N2O10. The number of nitrogens with zero attached hydrogens (tertiary/aromatic N) is 2. The molecule has 12 heteroatoms. The van der Waals surface area contributed by atoms with E-state index in [4.69, 9.17) is 33.2 Å². The van der Waals surface area contributed by atoms with E-state index in [-0.39, 0.29) is 17.6 Å². The van der Waals surface area contributed by atoms with Crippen LogP contribution in [0.15, 0.2) is 18.2 Å². The van der Waals surface area contributed by atoms with Crippen molar-refractivity contribution in [1.29, 1.82) is 0 Å². The summed E-state index contributed by atoms with van der Waals surface area (Å²) in [4.78, 5) is 29.4. The molecule has 0 fully saturated rings. The van der Waals surface area contributed by atoms with Crippen molar-refractivity contribution in [3.8, 4) is 34.5 Å². The van der Waals surface area contributed by atoms with Crippen LogP contribution in [0.4, 0.5) is 0 Å². The van der Waals surface area contributed by atoms with Crippen LogP contribution in [0.2, 0.25) is 0 Å². The summed E-state index contributed by atoms with van der Waals surface area (Å²) >= 11 is 0. The van der Waals surface area contributed by atoms with Gasteiger partial charge in [-0.05, 0) is 57.6 Å². The summed E-state index contributed by atoms with van der Waals surface area (Å²) in [5.74, 6) is 0.545. The summed E-state index contributed by atoms with van der Waals surface area (Å²) in [6.45, 7) is 6.73. The number of ether oxygens (including phenoxy) is 7. The lowest BCUT2D eigenvalue weighted by Gasteiger charge is -2.27. The third-order valence-electron chi connectivity index (χ3n) is 7.54. The minimum Gasteiger partial charge on any atom is -0.493 e. The number of carboxylic acid groups (broad SMARTS) is 1. The van der Waals surface area contributed by atoms with Crippen LogP contribution in [0.3, 0.4) is 0 Å². The first-order valence-electron chi connectivity index (χ1n) is 14.4. The highest BCUT2D eigenvalue weighted by molar-refractivity contribution is 5.92. The van der Waals surface area contributed by atoms with Crippen LogP contribution in [0, 0.1) is 0 Å². The summed E-state index contributed by atoms with van der Waals surface area (Å²) in [6, 6.07) is 4.63. The lowest BCUT2D eigenvalue weighted by atomic mass is 9.91. The van der Waals surface area contributed by atoms with E-state index < -0.39 is 11.9 Å². The molecule has 0 unspecified atom stereocenters. The van der Waals surface area contributed by atoms with Crippen molar-refractivity contribution < 1.29 is 47.9 Å². The van der Waals surface area contributed by atoms with E-state index in [2.05, 4.69) is 9.80 Å². The topological polar surface area (TPSA) is 125 Å². The minimum atomic E-state index is -1.06.